The maximum absolute atomic E-state index is 12.9. The van der Waals surface area contributed by atoms with Crippen LogP contribution in [0, 0.1) is 0 Å². The summed E-state index contributed by atoms with van der Waals surface area (Å²) in [4.78, 5) is 3.94. The van der Waals surface area contributed by atoms with E-state index in [1.54, 1.807) is 18.5 Å². The van der Waals surface area contributed by atoms with Gasteiger partial charge in [-0.2, -0.15) is 0 Å². The largest absolute Gasteiger partial charge is 0.586 e. The van der Waals surface area contributed by atoms with E-state index in [2.05, 4.69) is 19.8 Å². The van der Waals surface area contributed by atoms with E-state index < -0.39 is 6.29 Å². The normalized spacial score (nSPS) is 15.1. The van der Waals surface area contributed by atoms with Gasteiger partial charge >= 0.3 is 6.29 Å². The van der Waals surface area contributed by atoms with Crippen LogP contribution < -0.4 is 14.8 Å². The number of alkyl halides is 2. The van der Waals surface area contributed by atoms with Gasteiger partial charge < -0.3 is 14.8 Å². The smallest absolute Gasteiger partial charge is 0.395 e. The second kappa shape index (κ2) is 4.96. The van der Waals surface area contributed by atoms with E-state index >= 15 is 0 Å². The number of hydrogen-bond acceptors (Lipinski definition) is 4. The van der Waals surface area contributed by atoms with Crippen molar-refractivity contribution in [2.45, 2.75) is 12.7 Å². The maximum Gasteiger partial charge on any atom is 0.586 e. The van der Waals surface area contributed by atoms with Crippen molar-refractivity contribution in [3.8, 4) is 11.5 Å². The van der Waals surface area contributed by atoms with Gasteiger partial charge in [0.25, 0.3) is 0 Å². The fraction of sp³-hybridized carbons (Fsp3) is 0.214. The number of fused-ring (bicyclic) bond motifs is 1. The number of nitrogens with one attached hydrogen (secondary N) is 1. The molecule has 1 aliphatic heterocycles. The Morgan fingerprint density at radius 2 is 1.80 bits per heavy atom. The van der Waals surface area contributed by atoms with Gasteiger partial charge in [0.05, 0.1) is 0 Å². The lowest BCUT2D eigenvalue weighted by molar-refractivity contribution is -0.286. The third kappa shape index (κ3) is 2.79. The molecule has 6 heteroatoms. The predicted molar refractivity (Wildman–Crippen MR) is 69.1 cm³/mol. The summed E-state index contributed by atoms with van der Waals surface area (Å²) in [6, 6.07) is 8.51. The average molecular weight is 278 g/mol. The number of pyridine rings is 1. The molecule has 0 unspecified atom stereocenters. The highest BCUT2D eigenvalue weighted by atomic mass is 19.3. The van der Waals surface area contributed by atoms with Gasteiger partial charge in [-0.3, -0.25) is 4.98 Å². The lowest BCUT2D eigenvalue weighted by Gasteiger charge is -2.07. The van der Waals surface area contributed by atoms with Crippen molar-refractivity contribution in [3.63, 3.8) is 0 Å². The van der Waals surface area contributed by atoms with E-state index in [-0.39, 0.29) is 11.5 Å². The van der Waals surface area contributed by atoms with E-state index in [0.717, 1.165) is 12.0 Å². The first-order valence-corrected chi connectivity index (χ1v) is 6.15. The van der Waals surface area contributed by atoms with Crippen molar-refractivity contribution in [1.29, 1.82) is 0 Å². The minimum atomic E-state index is -3.57. The van der Waals surface area contributed by atoms with Crippen LogP contribution in [0.1, 0.15) is 5.56 Å². The van der Waals surface area contributed by atoms with Crippen LogP contribution in [0.15, 0.2) is 42.7 Å². The molecular weight excluding hydrogens is 266 g/mol. The Morgan fingerprint density at radius 3 is 2.60 bits per heavy atom. The van der Waals surface area contributed by atoms with Crippen LogP contribution in [-0.2, 0) is 6.42 Å². The Kier molecular flexibility index (Phi) is 3.14. The van der Waals surface area contributed by atoms with Gasteiger partial charge in [-0.15, -0.1) is 8.78 Å². The summed E-state index contributed by atoms with van der Waals surface area (Å²) in [7, 11) is 0. The van der Waals surface area contributed by atoms with Crippen LogP contribution in [-0.4, -0.2) is 17.8 Å². The molecule has 0 saturated heterocycles. The zero-order chi connectivity index (χ0) is 14.0. The predicted octanol–water partition coefficient (Wildman–Crippen LogP) is 3.06. The molecule has 4 nitrogen and oxygen atoms in total. The van der Waals surface area contributed by atoms with Crippen molar-refractivity contribution in [2.24, 2.45) is 0 Å². The molecule has 0 aliphatic carbocycles. The lowest BCUT2D eigenvalue weighted by atomic mass is 10.2. The Balaban J connectivity index is 1.60. The number of hydrogen-bond donors (Lipinski definition) is 1. The van der Waals surface area contributed by atoms with Crippen molar-refractivity contribution >= 4 is 5.69 Å². The van der Waals surface area contributed by atoms with E-state index in [0.29, 0.717) is 12.2 Å². The summed E-state index contributed by atoms with van der Waals surface area (Å²) < 4.78 is 34.5. The molecule has 3 rings (SSSR count). The summed E-state index contributed by atoms with van der Waals surface area (Å²) in [5.41, 5.74) is 1.86. The highest BCUT2D eigenvalue weighted by molar-refractivity contribution is 5.56. The standard InChI is InChI=1S/C14H12F2N2O2/c15-14(16)19-12-2-1-11(9-13(12)20-14)18-8-5-10-3-6-17-7-4-10/h1-4,6-7,9,18H,5,8H2. The monoisotopic (exact) mass is 278 g/mol. The molecule has 1 N–H and O–H groups in total. The molecule has 2 heterocycles. The number of aromatic nitrogens is 1. The minimum Gasteiger partial charge on any atom is -0.395 e. The average Bonchev–Trinajstić information content (AvgIpc) is 2.73. The third-order valence-electron chi connectivity index (χ3n) is 2.89. The van der Waals surface area contributed by atoms with Crippen LogP contribution in [0.25, 0.3) is 0 Å². The highest BCUT2D eigenvalue weighted by Crippen LogP contribution is 2.42. The fourth-order valence-corrected chi connectivity index (χ4v) is 1.96. The highest BCUT2D eigenvalue weighted by Gasteiger charge is 2.43. The van der Waals surface area contributed by atoms with Gasteiger partial charge in [0, 0.05) is 30.7 Å². The molecule has 1 aliphatic rings. The summed E-state index contributed by atoms with van der Waals surface area (Å²) in [6.07, 6.45) is 0.709. The molecule has 1 aromatic carbocycles. The Morgan fingerprint density at radius 1 is 1.05 bits per heavy atom. The Bertz CT molecular complexity index is 605. The summed E-state index contributed by atoms with van der Waals surface area (Å²) in [6.45, 7) is 0.681. The van der Waals surface area contributed by atoms with Gasteiger partial charge in [-0.05, 0) is 36.2 Å². The Hall–Kier alpha value is -2.37. The summed E-state index contributed by atoms with van der Waals surface area (Å²) in [5, 5.41) is 3.15. The number of anilines is 1. The molecular formula is C14H12F2N2O2. The minimum absolute atomic E-state index is 0.0453. The first-order chi connectivity index (χ1) is 9.62. The zero-order valence-electron chi connectivity index (χ0n) is 10.5. The summed E-state index contributed by atoms with van der Waals surface area (Å²) >= 11 is 0. The number of halogens is 2. The second-order valence-corrected chi connectivity index (χ2v) is 4.36. The van der Waals surface area contributed by atoms with Gasteiger partial charge in [0.1, 0.15) is 0 Å². The fourth-order valence-electron chi connectivity index (χ4n) is 1.96. The van der Waals surface area contributed by atoms with Gasteiger partial charge in [0.2, 0.25) is 0 Å². The number of rotatable bonds is 4. The molecule has 0 bridgehead atoms. The molecule has 0 amide bonds. The number of benzene rings is 1. The van der Waals surface area contributed by atoms with E-state index in [4.69, 9.17) is 0 Å². The van der Waals surface area contributed by atoms with Crippen molar-refractivity contribution in [2.75, 3.05) is 11.9 Å². The molecule has 2 aromatic rings. The van der Waals surface area contributed by atoms with Crippen molar-refractivity contribution in [3.05, 3.63) is 48.3 Å². The zero-order valence-corrected chi connectivity index (χ0v) is 10.5. The van der Waals surface area contributed by atoms with Crippen molar-refractivity contribution < 1.29 is 18.3 Å². The molecule has 0 saturated carbocycles. The molecule has 1 aromatic heterocycles. The van der Waals surface area contributed by atoms with Gasteiger partial charge in [-0.1, -0.05) is 0 Å². The molecule has 104 valence electrons. The SMILES string of the molecule is FC1(F)Oc2ccc(NCCc3ccncc3)cc2O1. The Labute approximate surface area is 114 Å². The number of nitrogens with zero attached hydrogens (tertiary/aromatic N) is 1. The topological polar surface area (TPSA) is 43.4 Å². The summed E-state index contributed by atoms with van der Waals surface area (Å²) in [5.74, 6) is 0.0959. The molecule has 0 radical (unpaired) electrons. The number of ether oxygens (including phenoxy) is 2. The first kappa shape index (κ1) is 12.7. The molecule has 0 spiro atoms. The van der Waals surface area contributed by atoms with Crippen LogP contribution in [0.5, 0.6) is 11.5 Å². The van der Waals surface area contributed by atoms with E-state index in [1.807, 2.05) is 12.1 Å². The van der Waals surface area contributed by atoms with Crippen molar-refractivity contribution in [1.82, 2.24) is 4.98 Å². The maximum atomic E-state index is 12.9. The van der Waals surface area contributed by atoms with Crippen LogP contribution in [0.3, 0.4) is 0 Å². The van der Waals surface area contributed by atoms with Gasteiger partial charge in [0.15, 0.2) is 11.5 Å². The first-order valence-electron chi connectivity index (χ1n) is 6.15. The second-order valence-electron chi connectivity index (χ2n) is 4.36. The van der Waals surface area contributed by atoms with Gasteiger partial charge in [-0.25, -0.2) is 0 Å². The molecule has 0 fully saturated rings. The quantitative estimate of drug-likeness (QED) is 0.933. The van der Waals surface area contributed by atoms with E-state index in [1.165, 1.54) is 12.1 Å². The van der Waals surface area contributed by atoms with Crippen LogP contribution in [0.4, 0.5) is 14.5 Å². The molecule has 0 atom stereocenters. The molecule has 20 heavy (non-hydrogen) atoms. The van der Waals surface area contributed by atoms with Crippen LogP contribution in [0.2, 0.25) is 0 Å². The van der Waals surface area contributed by atoms with E-state index in [9.17, 15) is 8.78 Å². The third-order valence-corrected chi connectivity index (χ3v) is 2.89. The lowest BCUT2D eigenvalue weighted by Crippen LogP contribution is -2.25. The van der Waals surface area contributed by atoms with Crippen LogP contribution >= 0.6 is 0 Å².